The van der Waals surface area contributed by atoms with Gasteiger partial charge in [-0.15, -0.1) is 0 Å². The SMILES string of the molecule is CCC(=Cc1cc(OC)cc(OC)c1)[N+](=O)[O-]. The molecule has 0 spiro atoms. The van der Waals surface area contributed by atoms with Crippen molar-refractivity contribution in [3.05, 3.63) is 39.6 Å². The molecule has 0 N–H and O–H groups in total. The first-order valence-corrected chi connectivity index (χ1v) is 5.18. The molecule has 0 radical (unpaired) electrons. The Hall–Kier alpha value is -2.04. The van der Waals surface area contributed by atoms with Crippen LogP contribution >= 0.6 is 0 Å². The van der Waals surface area contributed by atoms with E-state index in [1.165, 1.54) is 20.3 Å². The van der Waals surface area contributed by atoms with Crippen LogP contribution in [-0.2, 0) is 0 Å². The first kappa shape index (κ1) is 13.0. The summed E-state index contributed by atoms with van der Waals surface area (Å²) in [5.41, 5.74) is 0.843. The summed E-state index contributed by atoms with van der Waals surface area (Å²) < 4.78 is 10.2. The largest absolute Gasteiger partial charge is 0.497 e. The van der Waals surface area contributed by atoms with Crippen molar-refractivity contribution in [2.24, 2.45) is 0 Å². The molecule has 0 saturated carbocycles. The van der Waals surface area contributed by atoms with E-state index in [-0.39, 0.29) is 10.6 Å². The Bertz CT molecular complexity index is 418. The third-order valence-corrected chi connectivity index (χ3v) is 2.30. The summed E-state index contributed by atoms with van der Waals surface area (Å²) in [5, 5.41) is 10.7. The molecule has 0 bridgehead atoms. The minimum atomic E-state index is -0.383. The Balaban J connectivity index is 3.16. The van der Waals surface area contributed by atoms with Gasteiger partial charge in [0.1, 0.15) is 11.5 Å². The highest BCUT2D eigenvalue weighted by atomic mass is 16.6. The van der Waals surface area contributed by atoms with Crippen molar-refractivity contribution in [3.8, 4) is 11.5 Å². The molecule has 0 aliphatic heterocycles. The number of allylic oxidation sites excluding steroid dienone is 1. The topological polar surface area (TPSA) is 61.6 Å². The average Bonchev–Trinajstić information content (AvgIpc) is 2.34. The first-order chi connectivity index (χ1) is 8.10. The van der Waals surface area contributed by atoms with Gasteiger partial charge in [-0.3, -0.25) is 10.1 Å². The molecule has 5 nitrogen and oxygen atoms in total. The number of ether oxygens (including phenoxy) is 2. The Morgan fingerprint density at radius 2 is 1.82 bits per heavy atom. The summed E-state index contributed by atoms with van der Waals surface area (Å²) in [6.07, 6.45) is 1.89. The van der Waals surface area contributed by atoms with Crippen LogP contribution in [0.15, 0.2) is 23.9 Å². The highest BCUT2D eigenvalue weighted by molar-refractivity contribution is 5.56. The van der Waals surface area contributed by atoms with Gasteiger partial charge in [-0.25, -0.2) is 0 Å². The Morgan fingerprint density at radius 3 is 2.18 bits per heavy atom. The van der Waals surface area contributed by atoms with Crippen molar-refractivity contribution >= 4 is 6.08 Å². The second-order valence-corrected chi connectivity index (χ2v) is 3.39. The van der Waals surface area contributed by atoms with Gasteiger partial charge in [0.2, 0.25) is 5.70 Å². The molecule has 1 aromatic carbocycles. The molecule has 0 aliphatic rings. The predicted octanol–water partition coefficient (Wildman–Crippen LogP) is 2.73. The zero-order valence-electron chi connectivity index (χ0n) is 10.1. The fraction of sp³-hybridized carbons (Fsp3) is 0.333. The maximum Gasteiger partial charge on any atom is 0.246 e. The van der Waals surface area contributed by atoms with Crippen molar-refractivity contribution in [1.29, 1.82) is 0 Å². The summed E-state index contributed by atoms with van der Waals surface area (Å²) in [4.78, 5) is 10.3. The van der Waals surface area contributed by atoms with Gasteiger partial charge in [0.15, 0.2) is 0 Å². The molecular weight excluding hydrogens is 222 g/mol. The number of nitro groups is 1. The molecule has 17 heavy (non-hydrogen) atoms. The highest BCUT2D eigenvalue weighted by Crippen LogP contribution is 2.24. The maximum absolute atomic E-state index is 10.7. The Morgan fingerprint density at radius 1 is 1.29 bits per heavy atom. The number of benzene rings is 1. The number of methoxy groups -OCH3 is 2. The van der Waals surface area contributed by atoms with Gasteiger partial charge in [0.05, 0.1) is 19.1 Å². The summed E-state index contributed by atoms with van der Waals surface area (Å²) >= 11 is 0. The van der Waals surface area contributed by atoms with Gasteiger partial charge < -0.3 is 9.47 Å². The van der Waals surface area contributed by atoms with Crippen molar-refractivity contribution in [2.75, 3.05) is 14.2 Å². The van der Waals surface area contributed by atoms with Crippen LogP contribution in [-0.4, -0.2) is 19.1 Å². The third-order valence-electron chi connectivity index (χ3n) is 2.30. The molecule has 92 valence electrons. The van der Waals surface area contributed by atoms with Gasteiger partial charge in [0, 0.05) is 18.6 Å². The van der Waals surface area contributed by atoms with Crippen molar-refractivity contribution < 1.29 is 14.4 Å². The molecule has 0 atom stereocenters. The standard InChI is InChI=1S/C12H15NO4/c1-4-10(13(14)15)5-9-6-11(16-2)8-12(7-9)17-3/h5-8H,4H2,1-3H3. The van der Waals surface area contributed by atoms with Crippen molar-refractivity contribution in [3.63, 3.8) is 0 Å². The van der Waals surface area contributed by atoms with Crippen molar-refractivity contribution in [1.82, 2.24) is 0 Å². The van der Waals surface area contributed by atoms with E-state index in [9.17, 15) is 10.1 Å². The quantitative estimate of drug-likeness (QED) is 0.583. The molecule has 0 aromatic heterocycles. The van der Waals surface area contributed by atoms with E-state index in [1.807, 2.05) is 0 Å². The molecule has 1 aromatic rings. The number of hydrogen-bond donors (Lipinski definition) is 0. The molecule has 0 fully saturated rings. The molecule has 0 aliphatic carbocycles. The fourth-order valence-corrected chi connectivity index (χ4v) is 1.39. The Labute approximate surface area is 99.8 Å². The molecule has 0 amide bonds. The molecule has 0 unspecified atom stereocenters. The van der Waals surface area contributed by atoms with Crippen LogP contribution in [0.2, 0.25) is 0 Å². The molecule has 0 saturated heterocycles. The summed E-state index contributed by atoms with van der Waals surface area (Å²) in [6.45, 7) is 1.74. The normalized spacial score (nSPS) is 11.1. The van der Waals surface area contributed by atoms with E-state index in [0.717, 1.165) is 0 Å². The summed E-state index contributed by atoms with van der Waals surface area (Å²) in [6, 6.07) is 5.17. The minimum Gasteiger partial charge on any atom is -0.497 e. The van der Waals surface area contributed by atoms with E-state index in [2.05, 4.69) is 0 Å². The smallest absolute Gasteiger partial charge is 0.246 e. The van der Waals surface area contributed by atoms with Gasteiger partial charge in [-0.1, -0.05) is 6.92 Å². The van der Waals surface area contributed by atoms with E-state index in [4.69, 9.17) is 9.47 Å². The lowest BCUT2D eigenvalue weighted by Crippen LogP contribution is -1.97. The molecule has 0 heterocycles. The summed E-state index contributed by atoms with van der Waals surface area (Å²) in [5.74, 6) is 1.21. The summed E-state index contributed by atoms with van der Waals surface area (Å²) in [7, 11) is 3.08. The molecular formula is C12H15NO4. The van der Waals surface area contributed by atoms with E-state index >= 15 is 0 Å². The lowest BCUT2D eigenvalue weighted by atomic mass is 10.1. The van der Waals surface area contributed by atoms with Crippen LogP contribution in [0.4, 0.5) is 0 Å². The number of hydrogen-bond acceptors (Lipinski definition) is 4. The second kappa shape index (κ2) is 5.89. The van der Waals surface area contributed by atoms with Crippen LogP contribution in [0.3, 0.4) is 0 Å². The van der Waals surface area contributed by atoms with Crippen LogP contribution in [0, 0.1) is 10.1 Å². The van der Waals surface area contributed by atoms with Crippen LogP contribution < -0.4 is 9.47 Å². The monoisotopic (exact) mass is 237 g/mol. The lowest BCUT2D eigenvalue weighted by molar-refractivity contribution is -0.425. The minimum absolute atomic E-state index is 0.153. The first-order valence-electron chi connectivity index (χ1n) is 5.18. The second-order valence-electron chi connectivity index (χ2n) is 3.39. The Kier molecular flexibility index (Phi) is 4.51. The third kappa shape index (κ3) is 3.48. The zero-order valence-corrected chi connectivity index (χ0v) is 10.1. The van der Waals surface area contributed by atoms with Crippen LogP contribution in [0.1, 0.15) is 18.9 Å². The van der Waals surface area contributed by atoms with E-state index in [0.29, 0.717) is 23.5 Å². The maximum atomic E-state index is 10.7. The van der Waals surface area contributed by atoms with Crippen LogP contribution in [0.5, 0.6) is 11.5 Å². The molecule has 1 rings (SSSR count). The highest BCUT2D eigenvalue weighted by Gasteiger charge is 2.08. The lowest BCUT2D eigenvalue weighted by Gasteiger charge is -2.05. The van der Waals surface area contributed by atoms with Crippen LogP contribution in [0.25, 0.3) is 6.08 Å². The van der Waals surface area contributed by atoms with E-state index in [1.54, 1.807) is 25.1 Å². The van der Waals surface area contributed by atoms with E-state index < -0.39 is 0 Å². The fourth-order valence-electron chi connectivity index (χ4n) is 1.39. The number of rotatable bonds is 5. The average molecular weight is 237 g/mol. The van der Waals surface area contributed by atoms with Crippen molar-refractivity contribution in [2.45, 2.75) is 13.3 Å². The molecule has 5 heteroatoms. The van der Waals surface area contributed by atoms with Gasteiger partial charge in [0.25, 0.3) is 0 Å². The predicted molar refractivity (Wildman–Crippen MR) is 64.8 cm³/mol. The number of nitrogens with zero attached hydrogens (tertiary/aromatic N) is 1. The van der Waals surface area contributed by atoms with Gasteiger partial charge >= 0.3 is 0 Å². The zero-order chi connectivity index (χ0) is 12.8. The van der Waals surface area contributed by atoms with Gasteiger partial charge in [-0.05, 0) is 17.7 Å². The van der Waals surface area contributed by atoms with Gasteiger partial charge in [-0.2, -0.15) is 0 Å².